The van der Waals surface area contributed by atoms with Gasteiger partial charge >= 0.3 is 0 Å². The first-order chi connectivity index (χ1) is 8.08. The van der Waals surface area contributed by atoms with E-state index in [0.29, 0.717) is 12.0 Å². The lowest BCUT2D eigenvalue weighted by Gasteiger charge is -2.10. The van der Waals surface area contributed by atoms with Crippen LogP contribution in [0.1, 0.15) is 39.7 Å². The molecule has 96 valence electrons. The van der Waals surface area contributed by atoms with Gasteiger partial charge in [0.2, 0.25) is 0 Å². The third kappa shape index (κ3) is 6.32. The third-order valence-corrected chi connectivity index (χ3v) is 2.60. The number of hydrogen-bond donors (Lipinski definition) is 1. The van der Waals surface area contributed by atoms with E-state index in [-0.39, 0.29) is 0 Å². The molecule has 1 aromatic rings. The Morgan fingerprint density at radius 1 is 1.06 bits per heavy atom. The van der Waals surface area contributed by atoms with Gasteiger partial charge < -0.3 is 10.1 Å². The first kappa shape index (κ1) is 14.0. The van der Waals surface area contributed by atoms with Crippen molar-refractivity contribution in [1.29, 1.82) is 0 Å². The molecule has 0 fully saturated rings. The van der Waals surface area contributed by atoms with Gasteiger partial charge in [0.25, 0.3) is 0 Å². The van der Waals surface area contributed by atoms with Gasteiger partial charge in [0.05, 0.1) is 6.61 Å². The highest BCUT2D eigenvalue weighted by molar-refractivity contribution is 5.27. The van der Waals surface area contributed by atoms with Crippen LogP contribution in [0.4, 0.5) is 0 Å². The Balaban J connectivity index is 2.34. The Bertz CT molecular complexity index is 303. The maximum Gasteiger partial charge on any atom is 0.119 e. The summed E-state index contributed by atoms with van der Waals surface area (Å²) in [6.45, 7) is 10.5. The lowest BCUT2D eigenvalue weighted by atomic mass is 10.1. The molecule has 0 aromatic heterocycles. The fourth-order valence-corrected chi connectivity index (χ4v) is 1.44. The summed E-state index contributed by atoms with van der Waals surface area (Å²) in [7, 11) is 0. The van der Waals surface area contributed by atoms with Gasteiger partial charge in [-0.3, -0.25) is 0 Å². The molecular formula is C15H25NO. The van der Waals surface area contributed by atoms with Gasteiger partial charge in [-0.2, -0.15) is 0 Å². The van der Waals surface area contributed by atoms with Crippen LogP contribution in [0.25, 0.3) is 0 Å². The molecule has 0 amide bonds. The average molecular weight is 235 g/mol. The Labute approximate surface area is 105 Å². The van der Waals surface area contributed by atoms with Gasteiger partial charge in [0.1, 0.15) is 5.75 Å². The first-order valence-electron chi connectivity index (χ1n) is 6.53. The van der Waals surface area contributed by atoms with Crippen LogP contribution in [0, 0.1) is 5.92 Å². The van der Waals surface area contributed by atoms with E-state index in [4.69, 9.17) is 4.74 Å². The fraction of sp³-hybridized carbons (Fsp3) is 0.600. The molecular weight excluding hydrogens is 210 g/mol. The molecule has 2 heteroatoms. The van der Waals surface area contributed by atoms with Gasteiger partial charge in [-0.1, -0.05) is 39.8 Å². The zero-order valence-corrected chi connectivity index (χ0v) is 11.5. The van der Waals surface area contributed by atoms with Crippen LogP contribution in [-0.4, -0.2) is 12.6 Å². The van der Waals surface area contributed by atoms with Gasteiger partial charge in [0.15, 0.2) is 0 Å². The molecule has 0 bridgehead atoms. The second kappa shape index (κ2) is 7.33. The fourth-order valence-electron chi connectivity index (χ4n) is 1.44. The minimum absolute atomic E-state index is 0.525. The van der Waals surface area contributed by atoms with Crippen LogP contribution < -0.4 is 10.1 Å². The summed E-state index contributed by atoms with van der Waals surface area (Å²) in [6.07, 6.45) is 1.11. The minimum atomic E-state index is 0.525. The number of ether oxygens (including phenoxy) is 1. The summed E-state index contributed by atoms with van der Waals surface area (Å²) in [6, 6.07) is 8.88. The molecule has 0 saturated carbocycles. The van der Waals surface area contributed by atoms with Gasteiger partial charge in [-0.25, -0.2) is 0 Å². The maximum absolute atomic E-state index is 5.68. The summed E-state index contributed by atoms with van der Waals surface area (Å²) in [5.74, 6) is 1.67. The van der Waals surface area contributed by atoms with Crippen molar-refractivity contribution < 1.29 is 4.74 Å². The van der Waals surface area contributed by atoms with E-state index in [9.17, 15) is 0 Å². The summed E-state index contributed by atoms with van der Waals surface area (Å²) in [4.78, 5) is 0. The van der Waals surface area contributed by atoms with Crippen molar-refractivity contribution >= 4 is 0 Å². The molecule has 1 N–H and O–H groups in total. The van der Waals surface area contributed by atoms with Crippen LogP contribution in [-0.2, 0) is 6.54 Å². The van der Waals surface area contributed by atoms with E-state index in [1.165, 1.54) is 5.56 Å². The Morgan fingerprint density at radius 3 is 2.24 bits per heavy atom. The van der Waals surface area contributed by atoms with E-state index in [1.54, 1.807) is 0 Å². The molecule has 0 saturated heterocycles. The second-order valence-corrected chi connectivity index (χ2v) is 5.21. The van der Waals surface area contributed by atoms with Crippen molar-refractivity contribution in [3.8, 4) is 5.75 Å². The van der Waals surface area contributed by atoms with E-state index < -0.39 is 0 Å². The molecule has 0 aliphatic rings. The number of benzene rings is 1. The molecule has 0 atom stereocenters. The topological polar surface area (TPSA) is 21.3 Å². The van der Waals surface area contributed by atoms with E-state index in [1.807, 2.05) is 0 Å². The molecule has 0 radical (unpaired) electrons. The molecule has 0 heterocycles. The monoisotopic (exact) mass is 235 g/mol. The average Bonchev–Trinajstić information content (AvgIpc) is 2.27. The van der Waals surface area contributed by atoms with Crippen molar-refractivity contribution in [2.45, 2.75) is 46.7 Å². The van der Waals surface area contributed by atoms with Gasteiger partial charge in [0, 0.05) is 12.6 Å². The highest BCUT2D eigenvalue weighted by atomic mass is 16.5. The lowest BCUT2D eigenvalue weighted by Crippen LogP contribution is -2.21. The van der Waals surface area contributed by atoms with E-state index in [0.717, 1.165) is 25.3 Å². The van der Waals surface area contributed by atoms with Gasteiger partial charge in [-0.15, -0.1) is 0 Å². The van der Waals surface area contributed by atoms with Crippen LogP contribution >= 0.6 is 0 Å². The molecule has 17 heavy (non-hydrogen) atoms. The summed E-state index contributed by atoms with van der Waals surface area (Å²) >= 11 is 0. The number of hydrogen-bond acceptors (Lipinski definition) is 2. The summed E-state index contributed by atoms with van der Waals surface area (Å²) < 4.78 is 5.68. The Kier molecular flexibility index (Phi) is 6.06. The quantitative estimate of drug-likeness (QED) is 0.779. The van der Waals surface area contributed by atoms with Crippen LogP contribution in [0.2, 0.25) is 0 Å². The molecule has 0 aliphatic carbocycles. The zero-order valence-electron chi connectivity index (χ0n) is 11.5. The first-order valence-corrected chi connectivity index (χ1v) is 6.53. The van der Waals surface area contributed by atoms with Gasteiger partial charge in [-0.05, 0) is 30.0 Å². The smallest absolute Gasteiger partial charge is 0.119 e. The second-order valence-electron chi connectivity index (χ2n) is 5.21. The van der Waals surface area contributed by atoms with Crippen LogP contribution in [0.15, 0.2) is 24.3 Å². The summed E-state index contributed by atoms with van der Waals surface area (Å²) in [5.41, 5.74) is 1.30. The maximum atomic E-state index is 5.68. The summed E-state index contributed by atoms with van der Waals surface area (Å²) in [5, 5.41) is 3.40. The third-order valence-electron chi connectivity index (χ3n) is 2.60. The molecule has 1 aromatic carbocycles. The zero-order chi connectivity index (χ0) is 12.7. The molecule has 0 spiro atoms. The van der Waals surface area contributed by atoms with Crippen molar-refractivity contribution in [2.24, 2.45) is 5.92 Å². The SMILES string of the molecule is CC(C)CCOc1ccc(CNC(C)C)cc1. The Hall–Kier alpha value is -1.02. The van der Waals surface area contributed by atoms with Crippen molar-refractivity contribution in [2.75, 3.05) is 6.61 Å². The largest absolute Gasteiger partial charge is 0.494 e. The van der Waals surface area contributed by atoms with Crippen molar-refractivity contribution in [3.05, 3.63) is 29.8 Å². The molecule has 0 unspecified atom stereocenters. The molecule has 1 rings (SSSR count). The van der Waals surface area contributed by atoms with E-state index >= 15 is 0 Å². The van der Waals surface area contributed by atoms with Crippen LogP contribution in [0.3, 0.4) is 0 Å². The van der Waals surface area contributed by atoms with Crippen molar-refractivity contribution in [1.82, 2.24) is 5.32 Å². The Morgan fingerprint density at radius 2 is 1.71 bits per heavy atom. The standard InChI is InChI=1S/C15H25NO/c1-12(2)9-10-17-15-7-5-14(6-8-15)11-16-13(3)4/h5-8,12-13,16H,9-11H2,1-4H3. The predicted octanol–water partition coefficient (Wildman–Crippen LogP) is 3.61. The highest BCUT2D eigenvalue weighted by Gasteiger charge is 1.98. The van der Waals surface area contributed by atoms with Crippen LogP contribution in [0.5, 0.6) is 5.75 Å². The van der Waals surface area contributed by atoms with E-state index in [2.05, 4.69) is 57.3 Å². The number of rotatable bonds is 7. The molecule has 0 aliphatic heterocycles. The predicted molar refractivity (Wildman–Crippen MR) is 73.4 cm³/mol. The molecule has 2 nitrogen and oxygen atoms in total. The van der Waals surface area contributed by atoms with Crippen molar-refractivity contribution in [3.63, 3.8) is 0 Å². The number of nitrogens with one attached hydrogen (secondary N) is 1. The minimum Gasteiger partial charge on any atom is -0.494 e. The normalized spacial score (nSPS) is 11.2. The highest BCUT2D eigenvalue weighted by Crippen LogP contribution is 2.13. The lowest BCUT2D eigenvalue weighted by molar-refractivity contribution is 0.289.